The zero-order valence-electron chi connectivity index (χ0n) is 7.57. The average molecular weight is 181 g/mol. The van der Waals surface area contributed by atoms with Gasteiger partial charge in [0.15, 0.2) is 12.3 Å². The topological polar surface area (TPSA) is 99.9 Å². The van der Waals surface area contributed by atoms with E-state index in [4.69, 9.17) is 10.5 Å². The summed E-state index contributed by atoms with van der Waals surface area (Å²) >= 11 is 0. The summed E-state index contributed by atoms with van der Waals surface area (Å²) in [5.41, 5.74) is 4.46. The number of nitrogens with zero attached hydrogens (tertiary/aromatic N) is 2. The van der Waals surface area contributed by atoms with Crippen LogP contribution in [0, 0.1) is 22.8 Å². The minimum absolute atomic E-state index is 0.307. The third-order valence-corrected chi connectivity index (χ3v) is 0.814. The third kappa shape index (κ3) is 9.99. The van der Waals surface area contributed by atoms with Crippen molar-refractivity contribution in [2.75, 3.05) is 0 Å². The predicted octanol–water partition coefficient (Wildman–Crippen LogP) is 0.444. The number of hydrogen-bond acceptors (Lipinski definition) is 5. The Kier molecular flexibility index (Phi) is 8.45. The Labute approximate surface area is 77.0 Å². The van der Waals surface area contributed by atoms with E-state index in [9.17, 15) is 4.79 Å². The molecule has 0 bridgehead atoms. The molecule has 0 aliphatic heterocycles. The molecule has 0 radical (unpaired) electrons. The van der Waals surface area contributed by atoms with Gasteiger partial charge in [0.05, 0.1) is 0 Å². The second-order valence-electron chi connectivity index (χ2n) is 2.09. The highest BCUT2D eigenvalue weighted by molar-refractivity contribution is 5.87. The fraction of sp³-hybridized carbons (Fsp3) is 0.375. The Bertz CT molecular complexity index is 260. The van der Waals surface area contributed by atoms with Gasteiger partial charge in [0.2, 0.25) is 0 Å². The Hall–Kier alpha value is -2.01. The first-order valence-corrected chi connectivity index (χ1v) is 3.35. The van der Waals surface area contributed by atoms with Gasteiger partial charge in [0.1, 0.15) is 6.07 Å². The number of nitriles is 2. The van der Waals surface area contributed by atoms with Gasteiger partial charge in [-0.05, 0) is 13.8 Å². The molecule has 0 spiro atoms. The summed E-state index contributed by atoms with van der Waals surface area (Å²) in [4.78, 5) is 10.6. The van der Waals surface area contributed by atoms with E-state index in [2.05, 4.69) is 17.0 Å². The lowest BCUT2D eigenvalue weighted by Crippen LogP contribution is -2.12. The second kappa shape index (κ2) is 8.09. The summed E-state index contributed by atoms with van der Waals surface area (Å²) in [6.45, 7) is 6.39. The van der Waals surface area contributed by atoms with Gasteiger partial charge >= 0.3 is 5.97 Å². The van der Waals surface area contributed by atoms with Crippen LogP contribution in [-0.4, -0.2) is 12.1 Å². The van der Waals surface area contributed by atoms with Gasteiger partial charge in [-0.1, -0.05) is 6.58 Å². The lowest BCUT2D eigenvalue weighted by atomic mass is 10.3. The van der Waals surface area contributed by atoms with Crippen LogP contribution in [0.3, 0.4) is 0 Å². The minimum atomic E-state index is -0.691. The molecule has 0 aromatic heterocycles. The molecule has 0 saturated heterocycles. The van der Waals surface area contributed by atoms with E-state index in [-0.39, 0.29) is 0 Å². The first kappa shape index (κ1) is 13.6. The normalized spacial score (nSPS) is 9.23. The number of ether oxygens (including phenoxy) is 1. The number of rotatable bonds is 2. The van der Waals surface area contributed by atoms with Gasteiger partial charge in [0, 0.05) is 5.57 Å². The summed E-state index contributed by atoms with van der Waals surface area (Å²) in [5.74, 6) is -0.519. The highest BCUT2D eigenvalue weighted by atomic mass is 16.5. The van der Waals surface area contributed by atoms with Crippen LogP contribution in [0.2, 0.25) is 0 Å². The Morgan fingerprint density at radius 3 is 2.23 bits per heavy atom. The monoisotopic (exact) mass is 181 g/mol. The summed E-state index contributed by atoms with van der Waals surface area (Å²) in [5, 5.41) is 15.3. The molecule has 5 nitrogen and oxygen atoms in total. The number of carbonyl (C=O) groups excluding carboxylic acids is 1. The maximum Gasteiger partial charge on any atom is 0.334 e. The summed E-state index contributed by atoms with van der Waals surface area (Å²) < 4.78 is 4.56. The van der Waals surface area contributed by atoms with Gasteiger partial charge in [-0.2, -0.15) is 10.5 Å². The molecular weight excluding hydrogens is 170 g/mol. The van der Waals surface area contributed by atoms with Crippen LogP contribution in [0.25, 0.3) is 0 Å². The van der Waals surface area contributed by atoms with Crippen LogP contribution in [0.1, 0.15) is 13.8 Å². The third-order valence-electron chi connectivity index (χ3n) is 0.814. The highest BCUT2D eigenvalue weighted by Gasteiger charge is 2.07. The number of hydrogen-bond donors (Lipinski definition) is 1. The molecule has 13 heavy (non-hydrogen) atoms. The van der Waals surface area contributed by atoms with E-state index < -0.39 is 12.1 Å². The van der Waals surface area contributed by atoms with Crippen LogP contribution in [0.4, 0.5) is 0 Å². The van der Waals surface area contributed by atoms with Crippen molar-refractivity contribution >= 4 is 5.97 Å². The molecular formula is C8H11N3O2. The van der Waals surface area contributed by atoms with E-state index in [0.717, 1.165) is 0 Å². The zero-order valence-corrected chi connectivity index (χ0v) is 7.57. The molecule has 1 unspecified atom stereocenters. The zero-order chi connectivity index (χ0) is 10.9. The fourth-order valence-electron chi connectivity index (χ4n) is 0.288. The molecule has 0 aliphatic carbocycles. The van der Waals surface area contributed by atoms with E-state index in [1.54, 1.807) is 6.07 Å². The minimum Gasteiger partial charge on any atom is -0.444 e. The summed E-state index contributed by atoms with van der Waals surface area (Å²) in [6, 6.07) is 1.77. The van der Waals surface area contributed by atoms with Gasteiger partial charge < -0.3 is 10.5 Å². The maximum absolute atomic E-state index is 10.6. The van der Waals surface area contributed by atoms with Crippen molar-refractivity contribution in [3.8, 4) is 12.3 Å². The Morgan fingerprint density at radius 2 is 2.00 bits per heavy atom. The van der Waals surface area contributed by atoms with Crippen LogP contribution in [-0.2, 0) is 9.53 Å². The Morgan fingerprint density at radius 1 is 1.62 bits per heavy atom. The van der Waals surface area contributed by atoms with Gasteiger partial charge in [-0.3, -0.25) is 0 Å². The van der Waals surface area contributed by atoms with Crippen molar-refractivity contribution in [3.05, 3.63) is 12.2 Å². The lowest BCUT2D eigenvalue weighted by molar-refractivity contribution is -0.141. The maximum atomic E-state index is 10.6. The lowest BCUT2D eigenvalue weighted by Gasteiger charge is -2.03. The molecule has 2 N–H and O–H groups in total. The van der Waals surface area contributed by atoms with Gasteiger partial charge in [0.25, 0.3) is 0 Å². The second-order valence-corrected chi connectivity index (χ2v) is 2.09. The SMILES string of the molecule is C=C(C)C(=O)OC(C)C#N.N#CN. The molecule has 0 fully saturated rings. The number of nitrogens with two attached hydrogens (primary N) is 1. The molecule has 0 aromatic carbocycles. The van der Waals surface area contributed by atoms with Crippen molar-refractivity contribution in [1.82, 2.24) is 0 Å². The number of esters is 1. The smallest absolute Gasteiger partial charge is 0.334 e. The first-order chi connectivity index (χ1) is 5.99. The molecule has 70 valence electrons. The molecule has 0 heterocycles. The van der Waals surface area contributed by atoms with Crippen LogP contribution in [0.5, 0.6) is 0 Å². The predicted molar refractivity (Wildman–Crippen MR) is 45.8 cm³/mol. The van der Waals surface area contributed by atoms with E-state index in [0.29, 0.717) is 5.57 Å². The van der Waals surface area contributed by atoms with Crippen molar-refractivity contribution in [2.45, 2.75) is 20.0 Å². The average Bonchev–Trinajstić information content (AvgIpc) is 2.05. The van der Waals surface area contributed by atoms with Crippen LogP contribution >= 0.6 is 0 Å². The highest BCUT2D eigenvalue weighted by Crippen LogP contribution is 1.95. The molecule has 5 heteroatoms. The largest absolute Gasteiger partial charge is 0.444 e. The molecule has 0 amide bonds. The van der Waals surface area contributed by atoms with Crippen molar-refractivity contribution in [2.24, 2.45) is 5.73 Å². The first-order valence-electron chi connectivity index (χ1n) is 3.35. The van der Waals surface area contributed by atoms with Crippen LogP contribution < -0.4 is 5.73 Å². The standard InChI is InChI=1S/C7H9NO2.CH2N2/c1-5(2)7(9)10-6(3)4-8;2-1-3/h6H,1H2,2-3H3;2H2. The molecule has 0 aliphatic rings. The Balaban J connectivity index is 0. The summed E-state index contributed by atoms with van der Waals surface area (Å²) in [6.07, 6.45) is 0.559. The van der Waals surface area contributed by atoms with E-state index in [1.807, 2.05) is 0 Å². The molecule has 0 rings (SSSR count). The van der Waals surface area contributed by atoms with Crippen molar-refractivity contribution in [1.29, 1.82) is 10.5 Å². The molecule has 1 atom stereocenters. The molecule has 0 saturated carbocycles. The van der Waals surface area contributed by atoms with E-state index in [1.165, 1.54) is 20.0 Å². The molecule has 0 aromatic rings. The van der Waals surface area contributed by atoms with Gasteiger partial charge in [-0.25, -0.2) is 4.79 Å². The van der Waals surface area contributed by atoms with Gasteiger partial charge in [-0.15, -0.1) is 0 Å². The van der Waals surface area contributed by atoms with Crippen molar-refractivity contribution in [3.63, 3.8) is 0 Å². The van der Waals surface area contributed by atoms with E-state index >= 15 is 0 Å². The number of carbonyl (C=O) groups is 1. The quantitative estimate of drug-likeness (QED) is 0.288. The van der Waals surface area contributed by atoms with Crippen LogP contribution in [0.15, 0.2) is 12.2 Å². The summed E-state index contributed by atoms with van der Waals surface area (Å²) in [7, 11) is 0. The fourth-order valence-corrected chi connectivity index (χ4v) is 0.288. The van der Waals surface area contributed by atoms with Crippen molar-refractivity contribution < 1.29 is 9.53 Å².